The number of piperidine rings is 1. The summed E-state index contributed by atoms with van der Waals surface area (Å²) in [4.78, 5) is 27.4. The maximum atomic E-state index is 14.3. The number of ether oxygens (including phenoxy) is 2. The minimum atomic E-state index is -3.07. The first-order valence-corrected chi connectivity index (χ1v) is 12.0. The lowest BCUT2D eigenvalue weighted by Gasteiger charge is -2.33. The van der Waals surface area contributed by atoms with Crippen molar-refractivity contribution < 1.29 is 32.2 Å². The molecule has 1 aliphatic heterocycles. The molecule has 1 aliphatic carbocycles. The highest BCUT2D eigenvalue weighted by Crippen LogP contribution is 2.54. The molecule has 1 unspecified atom stereocenters. The molecule has 2 fully saturated rings. The van der Waals surface area contributed by atoms with E-state index in [2.05, 4.69) is 10.1 Å². The SMILES string of the molecule is O=C(NC1CC12CCN(C(=O)c1ccc(Oc3ccccc3)cc1)CC2)c1ccc(OC(F)F)cc1F. The van der Waals surface area contributed by atoms with Crippen molar-refractivity contribution in [3.05, 3.63) is 89.7 Å². The molecule has 37 heavy (non-hydrogen) atoms. The van der Waals surface area contributed by atoms with Gasteiger partial charge in [0, 0.05) is 30.8 Å². The molecule has 0 aromatic heterocycles. The quantitative estimate of drug-likeness (QED) is 0.447. The van der Waals surface area contributed by atoms with E-state index in [1.165, 1.54) is 0 Å². The van der Waals surface area contributed by atoms with Gasteiger partial charge in [-0.1, -0.05) is 18.2 Å². The van der Waals surface area contributed by atoms with Gasteiger partial charge in [-0.05, 0) is 73.2 Å². The first-order valence-electron chi connectivity index (χ1n) is 12.0. The minimum absolute atomic E-state index is 0.0597. The lowest BCUT2D eigenvalue weighted by atomic mass is 9.92. The van der Waals surface area contributed by atoms with Crippen LogP contribution in [-0.2, 0) is 0 Å². The zero-order valence-electron chi connectivity index (χ0n) is 19.8. The Labute approximate surface area is 212 Å². The zero-order valence-corrected chi connectivity index (χ0v) is 19.8. The van der Waals surface area contributed by atoms with E-state index in [1.807, 2.05) is 30.3 Å². The third-order valence-corrected chi connectivity index (χ3v) is 7.03. The standard InChI is InChI=1S/C28H25F3N2O4/c29-23-16-21(37-27(30)31)10-11-22(23)25(34)32-24-17-28(24)12-14-33(15-13-28)26(35)18-6-8-20(9-7-18)36-19-4-2-1-3-5-19/h1-11,16,24,27H,12-15,17H2,(H,32,34). The van der Waals surface area contributed by atoms with Gasteiger partial charge in [-0.15, -0.1) is 0 Å². The molecule has 3 aromatic rings. The molecule has 9 heteroatoms. The molecule has 2 amide bonds. The summed E-state index contributed by atoms with van der Waals surface area (Å²) >= 11 is 0. The Kier molecular flexibility index (Phi) is 6.78. The number of para-hydroxylation sites is 1. The Hall–Kier alpha value is -4.01. The van der Waals surface area contributed by atoms with Gasteiger partial charge in [0.1, 0.15) is 23.1 Å². The summed E-state index contributed by atoms with van der Waals surface area (Å²) in [6.07, 6.45) is 2.20. The molecule has 0 bridgehead atoms. The van der Waals surface area contributed by atoms with Crippen molar-refractivity contribution in [3.8, 4) is 17.2 Å². The van der Waals surface area contributed by atoms with E-state index in [-0.39, 0.29) is 28.7 Å². The molecular formula is C28H25F3N2O4. The maximum Gasteiger partial charge on any atom is 0.387 e. The monoisotopic (exact) mass is 510 g/mol. The second-order valence-corrected chi connectivity index (χ2v) is 9.34. The highest BCUT2D eigenvalue weighted by molar-refractivity contribution is 5.95. The fraction of sp³-hybridized carbons (Fsp3) is 0.286. The van der Waals surface area contributed by atoms with Crippen LogP contribution in [0.25, 0.3) is 0 Å². The van der Waals surface area contributed by atoms with E-state index in [4.69, 9.17) is 4.74 Å². The number of alkyl halides is 2. The van der Waals surface area contributed by atoms with Crippen LogP contribution in [0.4, 0.5) is 13.2 Å². The molecule has 192 valence electrons. The number of likely N-dealkylation sites (tertiary alicyclic amines) is 1. The Balaban J connectivity index is 1.12. The molecule has 3 aromatic carbocycles. The van der Waals surface area contributed by atoms with Gasteiger partial charge >= 0.3 is 6.61 Å². The van der Waals surface area contributed by atoms with Crippen LogP contribution in [0.5, 0.6) is 17.2 Å². The second kappa shape index (κ2) is 10.2. The van der Waals surface area contributed by atoms with Crippen molar-refractivity contribution in [2.75, 3.05) is 13.1 Å². The van der Waals surface area contributed by atoms with Crippen molar-refractivity contribution in [3.63, 3.8) is 0 Å². The number of amides is 2. The van der Waals surface area contributed by atoms with Crippen LogP contribution in [0.1, 0.15) is 40.0 Å². The van der Waals surface area contributed by atoms with Gasteiger partial charge in [-0.3, -0.25) is 9.59 Å². The fourth-order valence-electron chi connectivity index (χ4n) is 4.82. The number of nitrogens with one attached hydrogen (secondary N) is 1. The highest BCUT2D eigenvalue weighted by atomic mass is 19.3. The Morgan fingerprint density at radius 2 is 1.57 bits per heavy atom. The van der Waals surface area contributed by atoms with Crippen molar-refractivity contribution >= 4 is 11.8 Å². The van der Waals surface area contributed by atoms with Crippen LogP contribution in [0.2, 0.25) is 0 Å². The van der Waals surface area contributed by atoms with E-state index in [1.54, 1.807) is 29.2 Å². The van der Waals surface area contributed by atoms with Gasteiger partial charge in [0.25, 0.3) is 11.8 Å². The fourth-order valence-corrected chi connectivity index (χ4v) is 4.82. The minimum Gasteiger partial charge on any atom is -0.457 e. The summed E-state index contributed by atoms with van der Waals surface area (Å²) in [6, 6.07) is 19.3. The van der Waals surface area contributed by atoms with Crippen LogP contribution >= 0.6 is 0 Å². The van der Waals surface area contributed by atoms with Crippen molar-refractivity contribution in [2.24, 2.45) is 5.41 Å². The van der Waals surface area contributed by atoms with Crippen molar-refractivity contribution in [2.45, 2.75) is 31.9 Å². The summed E-state index contributed by atoms with van der Waals surface area (Å²) in [6.45, 7) is -1.96. The Bertz CT molecular complexity index is 1280. The molecular weight excluding hydrogens is 485 g/mol. The number of hydrogen-bond donors (Lipinski definition) is 1. The van der Waals surface area contributed by atoms with Crippen LogP contribution in [0.3, 0.4) is 0 Å². The van der Waals surface area contributed by atoms with Gasteiger partial charge in [-0.25, -0.2) is 4.39 Å². The molecule has 5 rings (SSSR count). The predicted octanol–water partition coefficient (Wildman–Crippen LogP) is 5.64. The molecule has 1 N–H and O–H groups in total. The van der Waals surface area contributed by atoms with E-state index in [0.29, 0.717) is 24.4 Å². The van der Waals surface area contributed by atoms with Crippen molar-refractivity contribution in [1.29, 1.82) is 0 Å². The average molecular weight is 511 g/mol. The number of carbonyl (C=O) groups is 2. The molecule has 2 aliphatic rings. The van der Waals surface area contributed by atoms with E-state index < -0.39 is 18.3 Å². The summed E-state index contributed by atoms with van der Waals surface area (Å²) in [5, 5.41) is 2.85. The maximum absolute atomic E-state index is 14.3. The molecule has 1 saturated heterocycles. The Morgan fingerprint density at radius 3 is 2.22 bits per heavy atom. The van der Waals surface area contributed by atoms with Crippen LogP contribution in [-0.4, -0.2) is 42.5 Å². The van der Waals surface area contributed by atoms with Crippen LogP contribution < -0.4 is 14.8 Å². The van der Waals surface area contributed by atoms with E-state index in [0.717, 1.165) is 43.2 Å². The van der Waals surface area contributed by atoms with Crippen LogP contribution in [0, 0.1) is 11.2 Å². The molecule has 1 atom stereocenters. The van der Waals surface area contributed by atoms with Crippen molar-refractivity contribution in [1.82, 2.24) is 10.2 Å². The summed E-state index contributed by atoms with van der Waals surface area (Å²) < 4.78 is 48.8. The van der Waals surface area contributed by atoms with Gasteiger partial charge in [0.2, 0.25) is 0 Å². The third-order valence-electron chi connectivity index (χ3n) is 7.03. The largest absolute Gasteiger partial charge is 0.457 e. The van der Waals surface area contributed by atoms with Gasteiger partial charge in [0.15, 0.2) is 0 Å². The molecule has 0 radical (unpaired) electrons. The van der Waals surface area contributed by atoms with E-state index >= 15 is 0 Å². The van der Waals surface area contributed by atoms with Crippen LogP contribution in [0.15, 0.2) is 72.8 Å². The molecule has 1 saturated carbocycles. The normalized spacial score (nSPS) is 17.9. The first-order chi connectivity index (χ1) is 17.8. The summed E-state index contributed by atoms with van der Waals surface area (Å²) in [7, 11) is 0. The molecule has 1 heterocycles. The lowest BCUT2D eigenvalue weighted by molar-refractivity contribution is -0.0500. The summed E-state index contributed by atoms with van der Waals surface area (Å²) in [5.74, 6) is -0.567. The second-order valence-electron chi connectivity index (χ2n) is 9.34. The number of carbonyl (C=O) groups excluding carboxylic acids is 2. The highest BCUT2D eigenvalue weighted by Gasteiger charge is 2.56. The number of halogens is 3. The number of hydrogen-bond acceptors (Lipinski definition) is 4. The topological polar surface area (TPSA) is 67.9 Å². The lowest BCUT2D eigenvalue weighted by Crippen LogP contribution is -2.41. The van der Waals surface area contributed by atoms with Gasteiger partial charge in [-0.2, -0.15) is 8.78 Å². The zero-order chi connectivity index (χ0) is 26.0. The molecule has 1 spiro atoms. The molecule has 6 nitrogen and oxygen atoms in total. The predicted molar refractivity (Wildman–Crippen MR) is 129 cm³/mol. The number of rotatable bonds is 7. The Morgan fingerprint density at radius 1 is 0.919 bits per heavy atom. The number of nitrogens with zero attached hydrogens (tertiary/aromatic N) is 1. The summed E-state index contributed by atoms with van der Waals surface area (Å²) in [5.41, 5.74) is 0.234. The smallest absolute Gasteiger partial charge is 0.387 e. The first kappa shape index (κ1) is 24.7. The third kappa shape index (κ3) is 5.55. The van der Waals surface area contributed by atoms with Gasteiger partial charge < -0.3 is 19.7 Å². The number of benzene rings is 3. The average Bonchev–Trinajstić information content (AvgIpc) is 3.55. The van der Waals surface area contributed by atoms with Gasteiger partial charge in [0.05, 0.1) is 5.56 Å². The van der Waals surface area contributed by atoms with E-state index in [9.17, 15) is 22.8 Å².